The summed E-state index contributed by atoms with van der Waals surface area (Å²) < 4.78 is 37.4. The van der Waals surface area contributed by atoms with E-state index in [2.05, 4.69) is 20.4 Å². The van der Waals surface area contributed by atoms with Gasteiger partial charge in [0.1, 0.15) is 5.75 Å². The highest BCUT2D eigenvalue weighted by Gasteiger charge is 2.27. The molecule has 1 fully saturated rings. The van der Waals surface area contributed by atoms with Crippen LogP contribution in [0.4, 0.5) is 5.69 Å². The number of hydrogen-bond donors (Lipinski definition) is 1. The number of nitrogens with one attached hydrogen (secondary N) is 1. The number of ether oxygens (including phenoxy) is 1. The van der Waals surface area contributed by atoms with Crippen LogP contribution in [0.3, 0.4) is 0 Å². The predicted molar refractivity (Wildman–Crippen MR) is 139 cm³/mol. The van der Waals surface area contributed by atoms with Crippen LogP contribution in [0.2, 0.25) is 0 Å². The molecule has 2 aromatic carbocycles. The van der Waals surface area contributed by atoms with Crippen LogP contribution >= 0.6 is 0 Å². The molecule has 11 heteroatoms. The molecule has 0 spiro atoms. The number of carbonyl (C=O) groups excluding carboxylic acids is 1. The maximum atomic E-state index is 13.0. The smallest absolute Gasteiger partial charge is 0.243 e. The number of rotatable bonds is 10. The predicted octanol–water partition coefficient (Wildman–Crippen LogP) is 3.63. The Morgan fingerprint density at radius 3 is 2.49 bits per heavy atom. The van der Waals surface area contributed by atoms with Gasteiger partial charge in [-0.05, 0) is 67.9 Å². The molecule has 1 saturated heterocycles. The number of methoxy groups -OCH3 is 1. The van der Waals surface area contributed by atoms with Crippen molar-refractivity contribution in [2.45, 2.75) is 38.1 Å². The molecule has 0 aliphatic carbocycles. The number of carbonyl (C=O) groups is 1. The van der Waals surface area contributed by atoms with Gasteiger partial charge in [-0.25, -0.2) is 8.42 Å². The topological polar surface area (TPSA) is 118 Å². The number of anilines is 1. The fourth-order valence-electron chi connectivity index (χ4n) is 4.45. The molecule has 0 radical (unpaired) electrons. The molecule has 1 unspecified atom stereocenters. The lowest BCUT2D eigenvalue weighted by atomic mass is 9.97. The molecule has 1 atom stereocenters. The fourth-order valence-corrected chi connectivity index (χ4v) is 5.91. The third-order valence-electron chi connectivity index (χ3n) is 6.52. The zero-order valence-electron chi connectivity index (χ0n) is 21.4. The quantitative estimate of drug-likeness (QED) is 0.425. The lowest BCUT2D eigenvalue weighted by molar-refractivity contribution is -0.121. The molecule has 0 saturated carbocycles. The summed E-state index contributed by atoms with van der Waals surface area (Å²) in [4.78, 5) is 19.8. The minimum Gasteiger partial charge on any atom is -0.497 e. The molecular weight excluding hydrogens is 494 g/mol. The average Bonchev–Trinajstić information content (AvgIpc) is 3.38. The van der Waals surface area contributed by atoms with Crippen molar-refractivity contribution in [2.75, 3.05) is 38.6 Å². The van der Waals surface area contributed by atoms with E-state index in [0.717, 1.165) is 30.7 Å². The summed E-state index contributed by atoms with van der Waals surface area (Å²) in [5, 5.41) is 7.02. The molecule has 1 aromatic heterocycles. The molecule has 10 nitrogen and oxygen atoms in total. The van der Waals surface area contributed by atoms with Crippen molar-refractivity contribution >= 4 is 21.6 Å². The van der Waals surface area contributed by atoms with Crippen LogP contribution in [-0.2, 0) is 21.4 Å². The van der Waals surface area contributed by atoms with Gasteiger partial charge in [0, 0.05) is 30.9 Å². The fraction of sp³-hybridized carbons (Fsp3) is 0.423. The number of likely N-dealkylation sites (tertiary alicyclic amines) is 1. The number of sulfonamides is 1. The highest BCUT2D eigenvalue weighted by molar-refractivity contribution is 7.89. The van der Waals surface area contributed by atoms with Crippen LogP contribution < -0.4 is 10.1 Å². The van der Waals surface area contributed by atoms with Crippen LogP contribution in [0.25, 0.3) is 11.4 Å². The van der Waals surface area contributed by atoms with Gasteiger partial charge in [0.2, 0.25) is 27.6 Å². The van der Waals surface area contributed by atoms with Crippen LogP contribution in [0.1, 0.15) is 32.6 Å². The van der Waals surface area contributed by atoms with Gasteiger partial charge in [-0.15, -0.1) is 0 Å². The van der Waals surface area contributed by atoms with Crippen molar-refractivity contribution in [2.24, 2.45) is 5.92 Å². The van der Waals surface area contributed by atoms with Crippen molar-refractivity contribution in [3.8, 4) is 17.1 Å². The molecule has 1 aliphatic rings. The van der Waals surface area contributed by atoms with Crippen molar-refractivity contribution < 1.29 is 22.5 Å². The van der Waals surface area contributed by atoms with E-state index in [1.807, 2.05) is 24.3 Å². The molecule has 0 bridgehead atoms. The first-order valence-electron chi connectivity index (χ1n) is 12.4. The third-order valence-corrected chi connectivity index (χ3v) is 8.58. The molecule has 1 N–H and O–H groups in total. The minimum absolute atomic E-state index is 0.0894. The lowest BCUT2D eigenvalue weighted by Gasteiger charge is -2.30. The van der Waals surface area contributed by atoms with Crippen LogP contribution in [0.5, 0.6) is 5.75 Å². The monoisotopic (exact) mass is 527 g/mol. The van der Waals surface area contributed by atoms with E-state index in [9.17, 15) is 13.2 Å². The zero-order valence-corrected chi connectivity index (χ0v) is 22.2. The second-order valence-corrected chi connectivity index (χ2v) is 10.9. The van der Waals surface area contributed by atoms with Gasteiger partial charge >= 0.3 is 0 Å². The van der Waals surface area contributed by atoms with E-state index in [4.69, 9.17) is 9.26 Å². The van der Waals surface area contributed by atoms with Crippen molar-refractivity contribution in [1.82, 2.24) is 19.3 Å². The van der Waals surface area contributed by atoms with Crippen molar-refractivity contribution in [3.05, 3.63) is 54.4 Å². The van der Waals surface area contributed by atoms with E-state index in [-0.39, 0.29) is 16.7 Å². The van der Waals surface area contributed by atoms with Crippen LogP contribution in [-0.4, -0.2) is 67.0 Å². The van der Waals surface area contributed by atoms with Gasteiger partial charge in [0.05, 0.1) is 24.5 Å². The first-order valence-corrected chi connectivity index (χ1v) is 13.9. The Labute approximate surface area is 217 Å². The van der Waals surface area contributed by atoms with E-state index >= 15 is 0 Å². The SMILES string of the molecule is CCN(CC)S(=O)(=O)c1ccc(NC(=O)C2CCCN(Cc3nc(-c4ccc(OC)cc4)no3)C2)cc1. The molecule has 1 aliphatic heterocycles. The lowest BCUT2D eigenvalue weighted by Crippen LogP contribution is -2.40. The Bertz CT molecular complexity index is 1290. The second-order valence-electron chi connectivity index (χ2n) is 8.92. The minimum atomic E-state index is -3.53. The summed E-state index contributed by atoms with van der Waals surface area (Å²) in [6.45, 7) is 6.29. The highest BCUT2D eigenvalue weighted by atomic mass is 32.2. The first-order chi connectivity index (χ1) is 17.8. The Morgan fingerprint density at radius 2 is 1.84 bits per heavy atom. The first kappa shape index (κ1) is 26.8. The highest BCUT2D eigenvalue weighted by Crippen LogP contribution is 2.24. The van der Waals surface area contributed by atoms with Crippen LogP contribution in [0.15, 0.2) is 57.9 Å². The number of benzene rings is 2. The van der Waals surface area contributed by atoms with Gasteiger partial charge in [-0.2, -0.15) is 9.29 Å². The standard InChI is InChI=1S/C26H33N5O5S/c1-4-31(5-2)37(33,34)23-14-10-21(11-15-23)27-26(32)20-7-6-16-30(17-20)18-24-28-25(29-36-24)19-8-12-22(35-3)13-9-19/h8-15,20H,4-7,16-18H2,1-3H3,(H,27,32). The van der Waals surface area contributed by atoms with Crippen molar-refractivity contribution in [1.29, 1.82) is 0 Å². The van der Waals surface area contributed by atoms with E-state index in [1.165, 1.54) is 16.4 Å². The second kappa shape index (κ2) is 11.8. The van der Waals surface area contributed by atoms with Crippen LogP contribution in [0, 0.1) is 5.92 Å². The van der Waals surface area contributed by atoms with Gasteiger partial charge in [-0.1, -0.05) is 19.0 Å². The summed E-state index contributed by atoms with van der Waals surface area (Å²) in [6.07, 6.45) is 1.65. The molecule has 37 heavy (non-hydrogen) atoms. The van der Waals surface area contributed by atoms with E-state index in [1.54, 1.807) is 33.1 Å². The number of aromatic nitrogens is 2. The molecule has 198 valence electrons. The summed E-state index contributed by atoms with van der Waals surface area (Å²) in [5.41, 5.74) is 1.41. The summed E-state index contributed by atoms with van der Waals surface area (Å²) >= 11 is 0. The summed E-state index contributed by atoms with van der Waals surface area (Å²) in [7, 11) is -1.92. The maximum absolute atomic E-state index is 13.0. The maximum Gasteiger partial charge on any atom is 0.243 e. The number of piperidine rings is 1. The van der Waals surface area contributed by atoms with E-state index in [0.29, 0.717) is 43.6 Å². The number of amides is 1. The Balaban J connectivity index is 1.34. The van der Waals surface area contributed by atoms with Gasteiger partial charge in [0.25, 0.3) is 0 Å². The molecule has 1 amide bonds. The van der Waals surface area contributed by atoms with E-state index < -0.39 is 10.0 Å². The van der Waals surface area contributed by atoms with Gasteiger partial charge in [0.15, 0.2) is 0 Å². The summed E-state index contributed by atoms with van der Waals surface area (Å²) in [6, 6.07) is 13.8. The Morgan fingerprint density at radius 1 is 1.14 bits per heavy atom. The molecule has 2 heterocycles. The van der Waals surface area contributed by atoms with Gasteiger partial charge in [-0.3, -0.25) is 9.69 Å². The third kappa shape index (κ3) is 6.35. The van der Waals surface area contributed by atoms with Gasteiger partial charge < -0.3 is 14.6 Å². The van der Waals surface area contributed by atoms with Crippen molar-refractivity contribution in [3.63, 3.8) is 0 Å². The molecule has 4 rings (SSSR count). The Kier molecular flexibility index (Phi) is 8.57. The molecule has 3 aromatic rings. The molecular formula is C26H33N5O5S. The number of hydrogen-bond acceptors (Lipinski definition) is 8. The summed E-state index contributed by atoms with van der Waals surface area (Å²) in [5.74, 6) is 1.48. The normalized spacial score (nSPS) is 16.6. The zero-order chi connectivity index (χ0) is 26.4. The Hall–Kier alpha value is -3.28. The number of nitrogens with zero attached hydrogens (tertiary/aromatic N) is 4. The average molecular weight is 528 g/mol. The largest absolute Gasteiger partial charge is 0.497 e.